The van der Waals surface area contributed by atoms with Crippen LogP contribution in [-0.4, -0.2) is 4.57 Å². The average Bonchev–Trinajstić information content (AvgIpc) is 3.59. The van der Waals surface area contributed by atoms with Gasteiger partial charge in [0.2, 0.25) is 0 Å². The topological polar surface area (TPSA) is 8.17 Å². The number of hydrogen-bond donors (Lipinski definition) is 0. The Bertz CT molecular complexity index is 2670. The van der Waals surface area contributed by atoms with Gasteiger partial charge >= 0.3 is 0 Å². The summed E-state index contributed by atoms with van der Waals surface area (Å²) in [6.07, 6.45) is 6.62. The van der Waals surface area contributed by atoms with Gasteiger partial charge in [-0.1, -0.05) is 153 Å². The van der Waals surface area contributed by atoms with Crippen LogP contribution in [-0.2, 0) is 0 Å². The van der Waals surface area contributed by atoms with Crippen LogP contribution in [0.25, 0.3) is 60.5 Å². The SMILES string of the molecule is c1ccc(-c2cccc3cccc(-c4ccccc4N(c4ccc(C5CCCCC5)cc4)c4ccc(-n5c6ccccc6c6ccccc65)cc4)c23)cc1. The van der Waals surface area contributed by atoms with E-state index in [4.69, 9.17) is 0 Å². The van der Waals surface area contributed by atoms with Gasteiger partial charge in [-0.3, -0.25) is 0 Å². The summed E-state index contributed by atoms with van der Waals surface area (Å²) < 4.78 is 2.40. The minimum atomic E-state index is 0.658. The first-order chi connectivity index (χ1) is 26.8. The van der Waals surface area contributed by atoms with E-state index in [2.05, 4.69) is 198 Å². The number of hydrogen-bond acceptors (Lipinski definition) is 1. The Hall–Kier alpha value is -6.38. The maximum absolute atomic E-state index is 2.46. The van der Waals surface area contributed by atoms with Crippen molar-refractivity contribution in [1.29, 1.82) is 0 Å². The summed E-state index contributed by atoms with van der Waals surface area (Å²) in [5.41, 5.74) is 13.4. The molecule has 0 N–H and O–H groups in total. The molecule has 1 aromatic heterocycles. The molecule has 10 rings (SSSR count). The van der Waals surface area contributed by atoms with Crippen molar-refractivity contribution in [2.75, 3.05) is 4.90 Å². The summed E-state index contributed by atoms with van der Waals surface area (Å²) in [6, 6.07) is 69.2. The highest BCUT2D eigenvalue weighted by Crippen LogP contribution is 2.45. The lowest BCUT2D eigenvalue weighted by molar-refractivity contribution is 0.443. The Kier molecular flexibility index (Phi) is 8.30. The molecule has 0 atom stereocenters. The molecule has 8 aromatic carbocycles. The second-order valence-corrected chi connectivity index (χ2v) is 14.7. The second-order valence-electron chi connectivity index (χ2n) is 14.7. The molecule has 0 unspecified atom stereocenters. The molecule has 1 aliphatic carbocycles. The molecule has 9 aromatic rings. The van der Waals surface area contributed by atoms with Crippen molar-refractivity contribution < 1.29 is 0 Å². The van der Waals surface area contributed by atoms with E-state index in [1.165, 1.54) is 92.5 Å². The van der Waals surface area contributed by atoms with E-state index in [0.29, 0.717) is 5.92 Å². The molecule has 0 bridgehead atoms. The molecular formula is C52H42N2. The van der Waals surface area contributed by atoms with Gasteiger partial charge in [-0.15, -0.1) is 0 Å². The van der Waals surface area contributed by atoms with Gasteiger partial charge in [0, 0.05) is 33.4 Å². The fourth-order valence-electron chi connectivity index (χ4n) is 9.03. The van der Waals surface area contributed by atoms with Crippen LogP contribution >= 0.6 is 0 Å². The highest BCUT2D eigenvalue weighted by molar-refractivity contribution is 6.10. The summed E-state index contributed by atoms with van der Waals surface area (Å²) in [7, 11) is 0. The zero-order chi connectivity index (χ0) is 35.8. The number of nitrogens with zero attached hydrogens (tertiary/aromatic N) is 2. The normalized spacial score (nSPS) is 13.5. The third-order valence-corrected chi connectivity index (χ3v) is 11.6. The van der Waals surface area contributed by atoms with Crippen LogP contribution in [0.2, 0.25) is 0 Å². The van der Waals surface area contributed by atoms with Gasteiger partial charge in [0.25, 0.3) is 0 Å². The van der Waals surface area contributed by atoms with Crippen molar-refractivity contribution in [3.05, 3.63) is 194 Å². The fraction of sp³-hybridized carbons (Fsp3) is 0.115. The first-order valence-corrected chi connectivity index (χ1v) is 19.5. The van der Waals surface area contributed by atoms with Crippen LogP contribution in [0.15, 0.2) is 188 Å². The standard InChI is InChI=1S/C52H42N2/c1-3-15-37(16-4-1)38-29-31-41(32-30-38)53(42-33-35-43(36-34-42)54-50-27-11-7-21-45(50)46-22-8-12-28-51(46)54)49-26-10-9-23-47(49)48-25-14-20-40-19-13-24-44(52(40)48)39-17-5-2-6-18-39/h2,5-14,17-37H,1,3-4,15-16H2. The highest BCUT2D eigenvalue weighted by atomic mass is 15.1. The summed E-state index contributed by atoms with van der Waals surface area (Å²) in [6.45, 7) is 0. The van der Waals surface area contributed by atoms with Gasteiger partial charge in [0.05, 0.1) is 16.7 Å². The molecule has 1 heterocycles. The van der Waals surface area contributed by atoms with Gasteiger partial charge < -0.3 is 9.47 Å². The zero-order valence-electron chi connectivity index (χ0n) is 30.4. The number of para-hydroxylation sites is 3. The van der Waals surface area contributed by atoms with Crippen LogP contribution in [0.1, 0.15) is 43.6 Å². The predicted molar refractivity (Wildman–Crippen MR) is 230 cm³/mol. The van der Waals surface area contributed by atoms with Gasteiger partial charge in [0.15, 0.2) is 0 Å². The molecule has 0 amide bonds. The molecule has 260 valence electrons. The first kappa shape index (κ1) is 32.3. The summed E-state index contributed by atoms with van der Waals surface area (Å²) in [5.74, 6) is 0.658. The lowest BCUT2D eigenvalue weighted by Crippen LogP contribution is -2.12. The summed E-state index contributed by atoms with van der Waals surface area (Å²) in [4.78, 5) is 2.46. The quantitative estimate of drug-likeness (QED) is 0.161. The largest absolute Gasteiger partial charge is 0.310 e. The van der Waals surface area contributed by atoms with E-state index in [-0.39, 0.29) is 0 Å². The Morgan fingerprint density at radius 1 is 0.426 bits per heavy atom. The minimum Gasteiger partial charge on any atom is -0.310 e. The van der Waals surface area contributed by atoms with E-state index in [9.17, 15) is 0 Å². The van der Waals surface area contributed by atoms with E-state index in [1.54, 1.807) is 0 Å². The first-order valence-electron chi connectivity index (χ1n) is 19.5. The van der Waals surface area contributed by atoms with Gasteiger partial charge in [-0.25, -0.2) is 0 Å². The Balaban J connectivity index is 1.15. The molecule has 1 saturated carbocycles. The number of fused-ring (bicyclic) bond motifs is 4. The Labute approximate surface area is 317 Å². The van der Waals surface area contributed by atoms with Crippen LogP contribution in [0.5, 0.6) is 0 Å². The molecular weight excluding hydrogens is 653 g/mol. The fourth-order valence-corrected chi connectivity index (χ4v) is 9.03. The lowest BCUT2D eigenvalue weighted by Gasteiger charge is -2.29. The van der Waals surface area contributed by atoms with E-state index >= 15 is 0 Å². The maximum atomic E-state index is 2.46. The zero-order valence-corrected chi connectivity index (χ0v) is 30.4. The number of benzene rings is 8. The van der Waals surface area contributed by atoms with Crippen LogP contribution in [0, 0.1) is 0 Å². The van der Waals surface area contributed by atoms with Crippen molar-refractivity contribution in [3.8, 4) is 27.9 Å². The van der Waals surface area contributed by atoms with Crippen LogP contribution in [0.4, 0.5) is 17.1 Å². The van der Waals surface area contributed by atoms with E-state index in [0.717, 1.165) is 22.7 Å². The second kappa shape index (κ2) is 13.9. The molecule has 1 fully saturated rings. The smallest absolute Gasteiger partial charge is 0.0541 e. The highest BCUT2D eigenvalue weighted by Gasteiger charge is 2.21. The van der Waals surface area contributed by atoms with Crippen molar-refractivity contribution >= 4 is 49.6 Å². The van der Waals surface area contributed by atoms with Gasteiger partial charge in [-0.2, -0.15) is 0 Å². The van der Waals surface area contributed by atoms with Gasteiger partial charge in [0.1, 0.15) is 0 Å². The molecule has 0 aliphatic heterocycles. The molecule has 0 radical (unpaired) electrons. The summed E-state index contributed by atoms with van der Waals surface area (Å²) >= 11 is 0. The van der Waals surface area contributed by atoms with Gasteiger partial charge in [-0.05, 0) is 106 Å². The van der Waals surface area contributed by atoms with Crippen LogP contribution in [0.3, 0.4) is 0 Å². The number of rotatable bonds is 7. The molecule has 2 heteroatoms. The average molecular weight is 695 g/mol. The lowest BCUT2D eigenvalue weighted by atomic mass is 9.84. The van der Waals surface area contributed by atoms with Crippen molar-refractivity contribution in [3.63, 3.8) is 0 Å². The monoisotopic (exact) mass is 694 g/mol. The van der Waals surface area contributed by atoms with Crippen molar-refractivity contribution in [1.82, 2.24) is 4.57 Å². The third-order valence-electron chi connectivity index (χ3n) is 11.6. The maximum Gasteiger partial charge on any atom is 0.0541 e. The van der Waals surface area contributed by atoms with E-state index < -0.39 is 0 Å². The molecule has 1 aliphatic rings. The molecule has 54 heavy (non-hydrogen) atoms. The number of aromatic nitrogens is 1. The van der Waals surface area contributed by atoms with Crippen LogP contribution < -0.4 is 4.90 Å². The van der Waals surface area contributed by atoms with Crippen molar-refractivity contribution in [2.45, 2.75) is 38.0 Å². The molecule has 2 nitrogen and oxygen atoms in total. The van der Waals surface area contributed by atoms with Crippen molar-refractivity contribution in [2.24, 2.45) is 0 Å². The Morgan fingerprint density at radius 3 is 1.67 bits per heavy atom. The minimum absolute atomic E-state index is 0.658. The van der Waals surface area contributed by atoms with E-state index in [1.807, 2.05) is 0 Å². The summed E-state index contributed by atoms with van der Waals surface area (Å²) in [5, 5.41) is 5.06. The third kappa shape index (κ3) is 5.67. The Morgan fingerprint density at radius 2 is 0.981 bits per heavy atom. The molecule has 0 saturated heterocycles. The number of anilines is 3. The predicted octanol–water partition coefficient (Wildman–Crippen LogP) is 14.8. The molecule has 0 spiro atoms.